The van der Waals surface area contributed by atoms with Crippen molar-refractivity contribution in [2.24, 2.45) is 11.8 Å². The lowest BCUT2D eigenvalue weighted by molar-refractivity contribution is -0.146. The molecule has 1 aliphatic rings. The molecule has 2 atom stereocenters. The number of benzene rings is 1. The second kappa shape index (κ2) is 7.07. The van der Waals surface area contributed by atoms with Crippen LogP contribution in [0, 0.1) is 18.8 Å². The van der Waals surface area contributed by atoms with Gasteiger partial charge in [-0.15, -0.1) is 5.10 Å². The third-order valence-corrected chi connectivity index (χ3v) is 4.98. The van der Waals surface area contributed by atoms with E-state index in [0.29, 0.717) is 18.5 Å². The second-order valence-electron chi connectivity index (χ2n) is 6.77. The van der Waals surface area contributed by atoms with Gasteiger partial charge >= 0.3 is 5.97 Å². The molecule has 0 radical (unpaired) electrons. The van der Waals surface area contributed by atoms with Crippen molar-refractivity contribution < 1.29 is 14.7 Å². The normalized spacial score (nSPS) is 20.1. The second-order valence-corrected chi connectivity index (χ2v) is 6.77. The van der Waals surface area contributed by atoms with E-state index in [1.165, 1.54) is 6.33 Å². The van der Waals surface area contributed by atoms with Crippen LogP contribution in [0.2, 0.25) is 0 Å². The van der Waals surface area contributed by atoms with Gasteiger partial charge in [-0.2, -0.15) is 0 Å². The minimum Gasteiger partial charge on any atom is -0.481 e. The van der Waals surface area contributed by atoms with E-state index in [9.17, 15) is 14.7 Å². The van der Waals surface area contributed by atoms with Crippen LogP contribution >= 0.6 is 0 Å². The van der Waals surface area contributed by atoms with Gasteiger partial charge in [-0.25, -0.2) is 4.68 Å². The molecule has 8 heteroatoms. The fourth-order valence-electron chi connectivity index (χ4n) is 3.32. The Morgan fingerprint density at radius 3 is 2.42 bits per heavy atom. The highest BCUT2D eigenvalue weighted by Gasteiger charge is 2.37. The number of aryl methyl sites for hydroxylation is 1. The Balaban J connectivity index is 1.79. The number of carboxylic acid groups (broad SMARTS) is 1. The number of carboxylic acids is 1. The first kappa shape index (κ1) is 17.8. The van der Waals surface area contributed by atoms with Crippen LogP contribution in [0.15, 0.2) is 35.7 Å². The lowest BCUT2D eigenvalue weighted by Gasteiger charge is -2.29. The molecule has 0 unspecified atom stereocenters. The predicted molar refractivity (Wildman–Crippen MR) is 94.7 cm³/mol. The van der Waals surface area contributed by atoms with Crippen molar-refractivity contribution in [3.05, 3.63) is 41.2 Å². The van der Waals surface area contributed by atoms with E-state index >= 15 is 0 Å². The standard InChI is InChI=1S/C18H21N5O3/c1-10-7-14(15(18(25)26)8-11(10)2)17(24)20-13-4-5-16(12(3)6-13)23-9-19-21-22-23/h4-6,9,14-15H,7-8H2,1-3H3,(H,20,24)(H,25,26)/t14-,15-/m0/s1. The molecule has 2 aromatic rings. The summed E-state index contributed by atoms with van der Waals surface area (Å²) in [6, 6.07) is 5.39. The number of hydrogen-bond donors (Lipinski definition) is 2. The quantitative estimate of drug-likeness (QED) is 0.815. The smallest absolute Gasteiger partial charge is 0.307 e. The predicted octanol–water partition coefficient (Wildman–Crippen LogP) is 2.36. The number of nitrogens with zero attached hydrogens (tertiary/aromatic N) is 4. The van der Waals surface area contributed by atoms with E-state index in [0.717, 1.165) is 22.4 Å². The Hall–Kier alpha value is -3.03. The monoisotopic (exact) mass is 355 g/mol. The number of allylic oxidation sites excluding steroid dienone is 2. The molecule has 8 nitrogen and oxygen atoms in total. The first-order valence-electron chi connectivity index (χ1n) is 8.39. The van der Waals surface area contributed by atoms with Gasteiger partial charge in [0, 0.05) is 5.69 Å². The number of hydrogen-bond acceptors (Lipinski definition) is 5. The van der Waals surface area contributed by atoms with Crippen LogP contribution in [0.4, 0.5) is 5.69 Å². The van der Waals surface area contributed by atoms with Crippen molar-refractivity contribution in [2.75, 3.05) is 5.32 Å². The molecule has 1 amide bonds. The van der Waals surface area contributed by atoms with Gasteiger partial charge in [-0.05, 0) is 67.8 Å². The van der Waals surface area contributed by atoms with Gasteiger partial charge in [0.15, 0.2) is 0 Å². The number of carbonyl (C=O) groups is 2. The van der Waals surface area contributed by atoms with Crippen LogP contribution in [0.3, 0.4) is 0 Å². The molecule has 0 saturated carbocycles. The highest BCUT2D eigenvalue weighted by atomic mass is 16.4. The zero-order valence-electron chi connectivity index (χ0n) is 14.9. The maximum Gasteiger partial charge on any atom is 0.307 e. The number of aliphatic carboxylic acids is 1. The van der Waals surface area contributed by atoms with E-state index in [4.69, 9.17) is 0 Å². The minimum absolute atomic E-state index is 0.265. The summed E-state index contributed by atoms with van der Waals surface area (Å²) in [5, 5.41) is 23.4. The van der Waals surface area contributed by atoms with Crippen molar-refractivity contribution in [3.63, 3.8) is 0 Å². The summed E-state index contributed by atoms with van der Waals surface area (Å²) in [4.78, 5) is 24.3. The zero-order valence-corrected chi connectivity index (χ0v) is 14.9. The molecule has 0 bridgehead atoms. The summed E-state index contributed by atoms with van der Waals surface area (Å²) in [5.41, 5.74) is 4.47. The Kier molecular flexibility index (Phi) is 4.83. The SMILES string of the molecule is CC1=C(C)C[C@H](C(=O)Nc2ccc(-n3cnnn3)c(C)c2)[C@@H](C(=O)O)C1. The molecule has 3 rings (SSSR count). The average molecular weight is 355 g/mol. The number of anilines is 1. The summed E-state index contributed by atoms with van der Waals surface area (Å²) in [6.07, 6.45) is 2.38. The van der Waals surface area contributed by atoms with Crippen molar-refractivity contribution in [3.8, 4) is 5.69 Å². The Morgan fingerprint density at radius 2 is 1.85 bits per heavy atom. The van der Waals surface area contributed by atoms with Gasteiger partial charge < -0.3 is 10.4 Å². The first-order chi connectivity index (χ1) is 12.4. The maximum atomic E-state index is 12.7. The average Bonchev–Trinajstić information content (AvgIpc) is 3.11. The number of aromatic nitrogens is 4. The Bertz CT molecular complexity index is 873. The third-order valence-electron chi connectivity index (χ3n) is 4.98. The van der Waals surface area contributed by atoms with Crippen LogP contribution in [0.1, 0.15) is 32.3 Å². The number of carbonyl (C=O) groups excluding carboxylic acids is 1. The molecular formula is C18H21N5O3. The maximum absolute atomic E-state index is 12.7. The highest BCUT2D eigenvalue weighted by Crippen LogP contribution is 2.35. The van der Waals surface area contributed by atoms with E-state index in [1.807, 2.05) is 32.9 Å². The number of amides is 1. The molecule has 2 N–H and O–H groups in total. The molecule has 1 heterocycles. The van der Waals surface area contributed by atoms with Crippen LogP contribution in [0.25, 0.3) is 5.69 Å². The van der Waals surface area contributed by atoms with Crippen LogP contribution in [-0.4, -0.2) is 37.2 Å². The number of tetrazole rings is 1. The lowest BCUT2D eigenvalue weighted by Crippen LogP contribution is -2.36. The molecule has 26 heavy (non-hydrogen) atoms. The van der Waals surface area contributed by atoms with E-state index in [-0.39, 0.29) is 5.91 Å². The summed E-state index contributed by atoms with van der Waals surface area (Å²) in [7, 11) is 0. The van der Waals surface area contributed by atoms with Crippen LogP contribution in [-0.2, 0) is 9.59 Å². The fourth-order valence-corrected chi connectivity index (χ4v) is 3.32. The molecule has 0 spiro atoms. The summed E-state index contributed by atoms with van der Waals surface area (Å²) >= 11 is 0. The molecule has 1 aromatic heterocycles. The van der Waals surface area contributed by atoms with Gasteiger partial charge in [0.2, 0.25) is 5.91 Å². The molecular weight excluding hydrogens is 334 g/mol. The first-order valence-corrected chi connectivity index (χ1v) is 8.39. The van der Waals surface area contributed by atoms with E-state index in [2.05, 4.69) is 20.8 Å². The van der Waals surface area contributed by atoms with Crippen LogP contribution < -0.4 is 5.32 Å². The minimum atomic E-state index is -0.929. The van der Waals surface area contributed by atoms with Gasteiger partial charge in [0.1, 0.15) is 6.33 Å². The fraction of sp³-hybridized carbons (Fsp3) is 0.389. The van der Waals surface area contributed by atoms with Crippen molar-refractivity contribution in [1.29, 1.82) is 0 Å². The summed E-state index contributed by atoms with van der Waals surface area (Å²) in [6.45, 7) is 5.78. The molecule has 0 saturated heterocycles. The van der Waals surface area contributed by atoms with E-state index < -0.39 is 17.8 Å². The van der Waals surface area contributed by atoms with E-state index in [1.54, 1.807) is 10.7 Å². The lowest BCUT2D eigenvalue weighted by atomic mass is 9.76. The molecule has 0 aliphatic heterocycles. The van der Waals surface area contributed by atoms with Crippen molar-refractivity contribution in [1.82, 2.24) is 20.2 Å². The van der Waals surface area contributed by atoms with Gasteiger partial charge in [0.05, 0.1) is 17.5 Å². The third kappa shape index (κ3) is 3.49. The molecule has 1 aromatic carbocycles. The topological polar surface area (TPSA) is 110 Å². The molecule has 136 valence electrons. The Labute approximate surface area is 150 Å². The van der Waals surface area contributed by atoms with Gasteiger partial charge in [0.25, 0.3) is 0 Å². The van der Waals surface area contributed by atoms with Crippen molar-refractivity contribution >= 4 is 17.6 Å². The highest BCUT2D eigenvalue weighted by molar-refractivity contribution is 5.95. The molecule has 1 aliphatic carbocycles. The molecule has 0 fully saturated rings. The van der Waals surface area contributed by atoms with Crippen LogP contribution in [0.5, 0.6) is 0 Å². The Morgan fingerprint density at radius 1 is 1.15 bits per heavy atom. The summed E-state index contributed by atoms with van der Waals surface area (Å²) in [5.74, 6) is -2.46. The van der Waals surface area contributed by atoms with Gasteiger partial charge in [-0.3, -0.25) is 9.59 Å². The van der Waals surface area contributed by atoms with Gasteiger partial charge in [-0.1, -0.05) is 11.1 Å². The number of nitrogens with one attached hydrogen (secondary N) is 1. The summed E-state index contributed by atoms with van der Waals surface area (Å²) < 4.78 is 1.54. The largest absolute Gasteiger partial charge is 0.481 e. The number of rotatable bonds is 4. The zero-order chi connectivity index (χ0) is 18.8. The van der Waals surface area contributed by atoms with Crippen molar-refractivity contribution in [2.45, 2.75) is 33.6 Å².